The van der Waals surface area contributed by atoms with Crippen LogP contribution in [0.2, 0.25) is 0 Å². The van der Waals surface area contributed by atoms with Crippen molar-refractivity contribution in [3.63, 3.8) is 0 Å². The molecule has 2 aliphatic carbocycles. The first-order chi connectivity index (χ1) is 33.1. The summed E-state index contributed by atoms with van der Waals surface area (Å²) in [6.07, 6.45) is -4.97. The van der Waals surface area contributed by atoms with E-state index in [1.165, 1.54) is 43.9 Å². The van der Waals surface area contributed by atoms with Gasteiger partial charge in [0.25, 0.3) is 0 Å². The molecule has 0 spiro atoms. The summed E-state index contributed by atoms with van der Waals surface area (Å²) in [6.45, 7) is 3.22. The van der Waals surface area contributed by atoms with E-state index in [4.69, 9.17) is 40.4 Å². The summed E-state index contributed by atoms with van der Waals surface area (Å²) in [6, 6.07) is 15.9. The zero-order valence-electron chi connectivity index (χ0n) is 38.8. The number of rotatable bonds is 6. The highest BCUT2D eigenvalue weighted by atomic mass is 32.1. The first kappa shape index (κ1) is 59.5. The molecule has 24 heteroatoms. The minimum Gasteiger partial charge on any atom is -0.381 e. The third kappa shape index (κ3) is 12.6. The number of alkyl halides is 6. The molecule has 0 bridgehead atoms. The fourth-order valence-corrected chi connectivity index (χ4v) is 9.27. The van der Waals surface area contributed by atoms with Gasteiger partial charge < -0.3 is 9.47 Å². The van der Waals surface area contributed by atoms with E-state index in [1.807, 2.05) is 0 Å². The highest BCUT2D eigenvalue weighted by molar-refractivity contribution is 7.59. The molecule has 2 N–H and O–H groups in total. The lowest BCUT2D eigenvalue weighted by molar-refractivity contribution is -0.138. The van der Waals surface area contributed by atoms with Gasteiger partial charge in [0.2, 0.25) is 12.2 Å². The van der Waals surface area contributed by atoms with E-state index in [9.17, 15) is 44.7 Å². The number of halogens is 8. The van der Waals surface area contributed by atoms with Gasteiger partial charge in [0.1, 0.15) is 11.6 Å². The Morgan fingerprint density at radius 1 is 0.542 bits per heavy atom. The molecular formula is C48H48F8N8O6S2. The molecule has 2 unspecified atom stereocenters. The highest BCUT2D eigenvalue weighted by Gasteiger charge is 2.52. The van der Waals surface area contributed by atoms with E-state index < -0.39 is 70.4 Å². The predicted molar refractivity (Wildman–Crippen MR) is 257 cm³/mol. The number of carbonyl (C=O) groups excluding carboxylic acids is 4. The molecule has 14 nitrogen and oxygen atoms in total. The van der Waals surface area contributed by atoms with Crippen molar-refractivity contribution in [2.75, 3.05) is 33.8 Å². The first-order valence-corrected chi connectivity index (χ1v) is 21.3. The van der Waals surface area contributed by atoms with Crippen LogP contribution in [0.15, 0.2) is 72.8 Å². The third-order valence-corrected chi connectivity index (χ3v) is 12.6. The van der Waals surface area contributed by atoms with E-state index >= 15 is 0 Å². The number of benzene rings is 4. The molecule has 384 valence electrons. The van der Waals surface area contributed by atoms with Gasteiger partial charge in [-0.05, 0) is 124 Å². The molecule has 4 amide bonds. The van der Waals surface area contributed by atoms with Crippen molar-refractivity contribution < 1.29 is 63.8 Å². The minimum absolute atomic E-state index is 0. The quantitative estimate of drug-likeness (QED) is 0.108. The van der Waals surface area contributed by atoms with E-state index in [0.29, 0.717) is 61.0 Å². The molecule has 0 radical (unpaired) electrons. The smallest absolute Gasteiger partial charge is 0.381 e. The van der Waals surface area contributed by atoms with Gasteiger partial charge in [-0.1, -0.05) is 12.1 Å². The molecule has 2 heterocycles. The number of hydrogen-bond donors (Lipinski definition) is 2. The molecule has 6 atom stereocenters. The number of nitrogens with zero attached hydrogens (tertiary/aromatic N) is 6. The molecule has 4 aromatic rings. The maximum absolute atomic E-state index is 14.3. The number of carbonyl (C=O) groups is 2. The van der Waals surface area contributed by atoms with Crippen LogP contribution >= 0.6 is 27.0 Å². The Bertz CT molecular complexity index is 2570. The van der Waals surface area contributed by atoms with E-state index in [1.54, 1.807) is 64.5 Å². The number of nitrogens with one attached hydrogen (secondary N) is 2. The Labute approximate surface area is 422 Å². The van der Waals surface area contributed by atoms with Gasteiger partial charge in [0.15, 0.2) is 0 Å². The number of hydrogen-bond acceptors (Lipinski definition) is 10. The molecule has 4 aliphatic rings. The van der Waals surface area contributed by atoms with Crippen molar-refractivity contribution in [1.29, 1.82) is 21.3 Å². The lowest BCUT2D eigenvalue weighted by Crippen LogP contribution is -2.44. The number of methoxy groups -OCH3 is 2. The number of ether oxygens (including phenoxy) is 2. The first-order valence-electron chi connectivity index (χ1n) is 21.3. The summed E-state index contributed by atoms with van der Waals surface area (Å²) in [5, 5.41) is 29.0. The van der Waals surface area contributed by atoms with Crippen molar-refractivity contribution in [3.8, 4) is 12.1 Å². The number of urea groups is 2. The van der Waals surface area contributed by atoms with Crippen molar-refractivity contribution in [2.45, 2.75) is 101 Å². The van der Waals surface area contributed by atoms with Crippen LogP contribution in [0.1, 0.15) is 71.9 Å². The summed E-state index contributed by atoms with van der Waals surface area (Å²) in [7, 11) is 3.12. The second kappa shape index (κ2) is 25.1. The number of isocyanates is 2. The Balaban J connectivity index is 0.000000334. The molecule has 0 aromatic heterocycles. The topological polar surface area (TPSA) is 195 Å². The van der Waals surface area contributed by atoms with Crippen LogP contribution in [0.5, 0.6) is 0 Å². The van der Waals surface area contributed by atoms with Gasteiger partial charge in [-0.25, -0.2) is 38.8 Å². The molecule has 4 aromatic carbocycles. The van der Waals surface area contributed by atoms with Gasteiger partial charge in [-0.2, -0.15) is 63.9 Å². The Hall–Kier alpha value is -6.78. The summed E-state index contributed by atoms with van der Waals surface area (Å²) >= 11 is 0. The van der Waals surface area contributed by atoms with Crippen molar-refractivity contribution in [1.82, 2.24) is 0 Å². The van der Waals surface area contributed by atoms with Crippen LogP contribution in [-0.2, 0) is 31.4 Å². The molecule has 2 saturated carbocycles. The highest BCUT2D eigenvalue weighted by Crippen LogP contribution is 2.45. The summed E-state index contributed by atoms with van der Waals surface area (Å²) in [5.74, 6) is -0.929. The molecular weight excluding hydrogens is 1000 g/mol. The van der Waals surface area contributed by atoms with E-state index in [0.717, 1.165) is 36.4 Å². The van der Waals surface area contributed by atoms with Gasteiger partial charge in [-0.15, -0.1) is 0 Å². The maximum Gasteiger partial charge on any atom is 0.417 e. The predicted octanol–water partition coefficient (Wildman–Crippen LogP) is 10.8. The van der Waals surface area contributed by atoms with E-state index in [-0.39, 0.29) is 62.7 Å². The lowest BCUT2D eigenvalue weighted by Gasteiger charge is -2.35. The van der Waals surface area contributed by atoms with Crippen LogP contribution in [0.25, 0.3) is 0 Å². The molecule has 4 fully saturated rings. The largest absolute Gasteiger partial charge is 0.417 e. The zero-order chi connectivity index (χ0) is 51.8. The van der Waals surface area contributed by atoms with Gasteiger partial charge in [-0.3, -0.25) is 19.6 Å². The number of nitriles is 2. The van der Waals surface area contributed by atoms with Crippen LogP contribution in [0.4, 0.5) is 67.5 Å². The van der Waals surface area contributed by atoms with Gasteiger partial charge >= 0.3 is 24.4 Å². The monoisotopic (exact) mass is 1050 g/mol. The lowest BCUT2D eigenvalue weighted by atomic mass is 9.87. The normalized spacial score (nSPS) is 20.9. The van der Waals surface area contributed by atoms with Crippen molar-refractivity contribution in [3.05, 3.63) is 118 Å². The SMILES string of the molecule is COC1CC[C@@H]2[C@@H](C1)N(c1ccc(C#N)c(C(F)(F)F)c1)C(=O)N2c1ccc(C)c(F)c1.COC1CC[C@H]2[C@H](C1)N(c1ccc(C#N)c(C(F)(F)F)c1)C(=O)N2c1ccc(C)c(F)c1.N=C=O.N=C=O.S.S. The minimum atomic E-state index is -4.75. The molecule has 2 saturated heterocycles. The number of aryl methyl sites for hydroxylation is 2. The van der Waals surface area contributed by atoms with Crippen LogP contribution in [-0.4, -0.2) is 74.8 Å². The average molecular weight is 1050 g/mol. The zero-order valence-corrected chi connectivity index (χ0v) is 40.8. The summed E-state index contributed by atoms with van der Waals surface area (Å²) < 4.78 is 121. The number of fused-ring (bicyclic) bond motifs is 2. The molecule has 8 rings (SSSR count). The third-order valence-electron chi connectivity index (χ3n) is 12.6. The van der Waals surface area contributed by atoms with Gasteiger partial charge in [0.05, 0.1) is 70.8 Å². The molecule has 2 aliphatic heterocycles. The second-order valence-electron chi connectivity index (χ2n) is 16.4. The standard InChI is InChI=1S/2C23H21F4N3O2.2CHNO.2H2S/c2*1-13-3-5-16(10-19(13)24)29-20-8-7-17(32-2)11-21(20)30(22(29)31)15-6-4-14(12-28)18(9-15)23(25,26)27;2*2-1-3;;/h2*3-6,9-10,17,20-21H,7-8,11H2,1-2H3;2*2H;2*1H2/t2*17?,20-,21-;;;;/m10..../s1. The Morgan fingerprint density at radius 2 is 0.833 bits per heavy atom. The van der Waals surface area contributed by atoms with E-state index in [2.05, 4.69) is 0 Å². The van der Waals surface area contributed by atoms with Crippen LogP contribution < -0.4 is 19.6 Å². The van der Waals surface area contributed by atoms with Crippen LogP contribution in [0, 0.1) is 59.0 Å². The van der Waals surface area contributed by atoms with Gasteiger partial charge in [0, 0.05) is 37.0 Å². The number of amides is 4. The Morgan fingerprint density at radius 3 is 1.11 bits per heavy atom. The fourth-order valence-electron chi connectivity index (χ4n) is 9.27. The van der Waals surface area contributed by atoms with Crippen molar-refractivity contribution >= 4 is 74.0 Å². The fraction of sp³-hybridized carbons (Fsp3) is 0.375. The average Bonchev–Trinajstić information content (AvgIpc) is 3.78. The molecule has 72 heavy (non-hydrogen) atoms. The van der Waals surface area contributed by atoms with Crippen LogP contribution in [0.3, 0.4) is 0 Å². The maximum atomic E-state index is 14.3. The number of anilines is 4. The summed E-state index contributed by atoms with van der Waals surface area (Å²) in [4.78, 5) is 49.3. The summed E-state index contributed by atoms with van der Waals surface area (Å²) in [5.41, 5.74) is -1.56. The Kier molecular flexibility index (Phi) is 20.7. The van der Waals surface area contributed by atoms with Crippen molar-refractivity contribution in [2.24, 2.45) is 0 Å². The second-order valence-corrected chi connectivity index (χ2v) is 16.4.